The van der Waals surface area contributed by atoms with Crippen molar-refractivity contribution in [2.75, 3.05) is 0 Å². The average Bonchev–Trinajstić information content (AvgIpc) is 2.78. The van der Waals surface area contributed by atoms with Crippen LogP contribution in [0.1, 0.15) is 28.5 Å². The molecular formula is C25H20N2O5. The molecule has 0 radical (unpaired) electrons. The average molecular weight is 428 g/mol. The summed E-state index contributed by atoms with van der Waals surface area (Å²) < 4.78 is 11.8. The topological polar surface area (TPSA) is 87.0 Å². The van der Waals surface area contributed by atoms with Crippen LogP contribution < -0.4 is 10.3 Å². The van der Waals surface area contributed by atoms with Crippen LogP contribution in [0, 0.1) is 6.92 Å². The van der Waals surface area contributed by atoms with Crippen molar-refractivity contribution in [2.45, 2.75) is 20.5 Å². The normalized spacial score (nSPS) is 10.7. The number of benzene rings is 2. The first-order chi connectivity index (χ1) is 15.4. The first-order valence-corrected chi connectivity index (χ1v) is 9.94. The van der Waals surface area contributed by atoms with Gasteiger partial charge in [0, 0.05) is 19.2 Å². The number of aryl methyl sites for hydroxylation is 1. The van der Waals surface area contributed by atoms with Gasteiger partial charge in [0.1, 0.15) is 18.0 Å². The van der Waals surface area contributed by atoms with E-state index in [1.165, 1.54) is 17.4 Å². The summed E-state index contributed by atoms with van der Waals surface area (Å²) in [6.45, 7) is 3.14. The molecule has 0 aliphatic heterocycles. The molecule has 4 aromatic rings. The van der Waals surface area contributed by atoms with Crippen molar-refractivity contribution >= 4 is 17.6 Å². The van der Waals surface area contributed by atoms with Crippen LogP contribution in [0.3, 0.4) is 0 Å². The molecule has 0 aliphatic carbocycles. The van der Waals surface area contributed by atoms with Gasteiger partial charge in [-0.3, -0.25) is 14.0 Å². The predicted octanol–water partition coefficient (Wildman–Crippen LogP) is 3.95. The van der Waals surface area contributed by atoms with Crippen LogP contribution in [0.15, 0.2) is 77.7 Å². The Kier molecular flexibility index (Phi) is 5.81. The fraction of sp³-hybridized carbons (Fsp3) is 0.120. The summed E-state index contributed by atoms with van der Waals surface area (Å²) in [5.41, 5.74) is 3.80. The number of hydrogen-bond acceptors (Lipinski definition) is 6. The second-order valence-electron chi connectivity index (χ2n) is 7.29. The zero-order chi connectivity index (χ0) is 22.7. The third kappa shape index (κ3) is 4.73. The lowest BCUT2D eigenvalue weighted by molar-refractivity contribution is -0.131. The number of carbonyl (C=O) groups excluding carboxylic acids is 2. The Morgan fingerprint density at radius 2 is 1.59 bits per heavy atom. The minimum atomic E-state index is -0.507. The quantitative estimate of drug-likeness (QED) is 0.353. The van der Waals surface area contributed by atoms with Crippen LogP contribution in [0.25, 0.3) is 16.8 Å². The van der Waals surface area contributed by atoms with Crippen molar-refractivity contribution in [3.63, 3.8) is 0 Å². The van der Waals surface area contributed by atoms with Crippen LogP contribution >= 0.6 is 0 Å². The standard InChI is InChI=1S/C25H20N2O5/c1-16-3-12-23-26-21(13-24(29)27(23)14-16)15-31-25(30)20-6-4-18(5-7-20)19-8-10-22(11-9-19)32-17(2)28/h3-14H,15H2,1-2H3. The Labute approximate surface area is 183 Å². The van der Waals surface area contributed by atoms with E-state index in [0.29, 0.717) is 22.7 Å². The first kappa shape index (κ1) is 21.0. The minimum Gasteiger partial charge on any atom is -0.456 e. The second kappa shape index (κ2) is 8.85. The summed E-state index contributed by atoms with van der Waals surface area (Å²) in [6, 6.07) is 19.0. The minimum absolute atomic E-state index is 0.0994. The van der Waals surface area contributed by atoms with Gasteiger partial charge in [0.15, 0.2) is 0 Å². The number of aromatic nitrogens is 2. The van der Waals surface area contributed by atoms with Crippen LogP contribution in [-0.4, -0.2) is 21.3 Å². The molecular weight excluding hydrogens is 408 g/mol. The Hall–Kier alpha value is -4.26. The fourth-order valence-electron chi connectivity index (χ4n) is 3.24. The zero-order valence-corrected chi connectivity index (χ0v) is 17.6. The molecule has 160 valence electrons. The van der Waals surface area contributed by atoms with Gasteiger partial charge in [-0.2, -0.15) is 0 Å². The van der Waals surface area contributed by atoms with Crippen molar-refractivity contribution in [1.82, 2.24) is 9.38 Å². The van der Waals surface area contributed by atoms with Gasteiger partial charge in [0.25, 0.3) is 5.56 Å². The van der Waals surface area contributed by atoms with Crippen molar-refractivity contribution in [1.29, 1.82) is 0 Å². The van der Waals surface area contributed by atoms with E-state index in [0.717, 1.165) is 16.7 Å². The molecule has 0 fully saturated rings. The molecule has 0 saturated carbocycles. The Morgan fingerprint density at radius 3 is 2.25 bits per heavy atom. The van der Waals surface area contributed by atoms with Crippen LogP contribution in [0.5, 0.6) is 5.75 Å². The third-order valence-electron chi connectivity index (χ3n) is 4.78. The summed E-state index contributed by atoms with van der Waals surface area (Å²) in [6.07, 6.45) is 1.71. The molecule has 32 heavy (non-hydrogen) atoms. The Balaban J connectivity index is 1.43. The van der Waals surface area contributed by atoms with Gasteiger partial charge in [-0.15, -0.1) is 0 Å². The molecule has 0 aliphatic rings. The monoisotopic (exact) mass is 428 g/mol. The summed E-state index contributed by atoms with van der Waals surface area (Å²) in [7, 11) is 0. The van der Waals surface area contributed by atoms with E-state index in [-0.39, 0.29) is 18.1 Å². The molecule has 0 spiro atoms. The lowest BCUT2D eigenvalue weighted by Crippen LogP contribution is -2.16. The maximum atomic E-state index is 12.4. The van der Waals surface area contributed by atoms with E-state index in [2.05, 4.69) is 4.98 Å². The molecule has 0 unspecified atom stereocenters. The summed E-state index contributed by atoms with van der Waals surface area (Å²) >= 11 is 0. The van der Waals surface area contributed by atoms with E-state index in [4.69, 9.17) is 9.47 Å². The maximum Gasteiger partial charge on any atom is 0.338 e. The number of hydrogen-bond donors (Lipinski definition) is 0. The van der Waals surface area contributed by atoms with Crippen molar-refractivity contribution in [3.05, 3.63) is 100 Å². The molecule has 0 bridgehead atoms. The maximum absolute atomic E-state index is 12.4. The highest BCUT2D eigenvalue weighted by Gasteiger charge is 2.10. The van der Waals surface area contributed by atoms with Gasteiger partial charge in [-0.05, 0) is 53.9 Å². The van der Waals surface area contributed by atoms with E-state index in [1.54, 1.807) is 48.7 Å². The largest absolute Gasteiger partial charge is 0.456 e. The number of esters is 2. The van der Waals surface area contributed by atoms with Gasteiger partial charge in [-0.25, -0.2) is 9.78 Å². The van der Waals surface area contributed by atoms with Gasteiger partial charge < -0.3 is 9.47 Å². The molecule has 0 atom stereocenters. The van der Waals surface area contributed by atoms with Gasteiger partial charge in [0.2, 0.25) is 0 Å². The van der Waals surface area contributed by atoms with Gasteiger partial charge in [0.05, 0.1) is 11.3 Å². The Bertz CT molecular complexity index is 1360. The van der Waals surface area contributed by atoms with E-state index < -0.39 is 5.97 Å². The van der Waals surface area contributed by atoms with E-state index in [1.807, 2.05) is 25.1 Å². The van der Waals surface area contributed by atoms with Crippen molar-refractivity contribution in [2.24, 2.45) is 0 Å². The second-order valence-corrected chi connectivity index (χ2v) is 7.29. The third-order valence-corrected chi connectivity index (χ3v) is 4.78. The van der Waals surface area contributed by atoms with Crippen molar-refractivity contribution < 1.29 is 19.1 Å². The molecule has 0 amide bonds. The van der Waals surface area contributed by atoms with Crippen LogP contribution in [-0.2, 0) is 16.1 Å². The molecule has 7 nitrogen and oxygen atoms in total. The highest BCUT2D eigenvalue weighted by Crippen LogP contribution is 2.23. The molecule has 0 N–H and O–H groups in total. The Morgan fingerprint density at radius 1 is 0.938 bits per heavy atom. The van der Waals surface area contributed by atoms with E-state index >= 15 is 0 Å². The lowest BCUT2D eigenvalue weighted by atomic mass is 10.0. The molecule has 2 heterocycles. The highest BCUT2D eigenvalue weighted by atomic mass is 16.5. The fourth-order valence-corrected chi connectivity index (χ4v) is 3.24. The summed E-state index contributed by atoms with van der Waals surface area (Å²) in [4.78, 5) is 40.1. The number of nitrogens with zero attached hydrogens (tertiary/aromatic N) is 2. The summed E-state index contributed by atoms with van der Waals surface area (Å²) in [5, 5.41) is 0. The van der Waals surface area contributed by atoms with Gasteiger partial charge >= 0.3 is 11.9 Å². The number of pyridine rings is 1. The van der Waals surface area contributed by atoms with Crippen LogP contribution in [0.2, 0.25) is 0 Å². The lowest BCUT2D eigenvalue weighted by Gasteiger charge is -2.08. The van der Waals surface area contributed by atoms with Crippen molar-refractivity contribution in [3.8, 4) is 16.9 Å². The molecule has 7 heteroatoms. The molecule has 0 saturated heterocycles. The SMILES string of the molecule is CC(=O)Oc1ccc(-c2ccc(C(=O)OCc3cc(=O)n4cc(C)ccc4n3)cc2)cc1. The number of fused-ring (bicyclic) bond motifs is 1. The number of rotatable bonds is 5. The summed E-state index contributed by atoms with van der Waals surface area (Å²) in [5.74, 6) is -0.411. The predicted molar refractivity (Wildman–Crippen MR) is 119 cm³/mol. The molecule has 2 aromatic heterocycles. The highest BCUT2D eigenvalue weighted by molar-refractivity contribution is 5.90. The first-order valence-electron chi connectivity index (χ1n) is 9.94. The number of carbonyl (C=O) groups is 2. The molecule has 4 rings (SSSR count). The van der Waals surface area contributed by atoms with E-state index in [9.17, 15) is 14.4 Å². The van der Waals surface area contributed by atoms with Gasteiger partial charge in [-0.1, -0.05) is 30.3 Å². The zero-order valence-electron chi connectivity index (χ0n) is 17.6. The smallest absolute Gasteiger partial charge is 0.338 e. The molecule has 2 aromatic carbocycles. The number of ether oxygens (including phenoxy) is 2. The van der Waals surface area contributed by atoms with Crippen LogP contribution in [0.4, 0.5) is 0 Å².